The van der Waals surface area contributed by atoms with Crippen LogP contribution in [0.5, 0.6) is 5.75 Å². The molecule has 7 heteroatoms. The standard InChI is InChI=1S/C24H26N4O3/c1-31-21-9-5-4-8-20(21)28-15-17(14-22(28)29)24(30)27-12-10-16(11-13-27)23-25-18-6-2-3-7-19(18)26-23/h2-9,16-17H,10-15H2,1H3,(H,25,26). The molecule has 2 aliphatic heterocycles. The molecule has 7 nitrogen and oxygen atoms in total. The lowest BCUT2D eigenvalue weighted by Gasteiger charge is -2.32. The molecule has 0 aliphatic carbocycles. The van der Waals surface area contributed by atoms with Gasteiger partial charge in [-0.05, 0) is 37.1 Å². The summed E-state index contributed by atoms with van der Waals surface area (Å²) < 4.78 is 5.40. The number of ether oxygens (including phenoxy) is 1. The van der Waals surface area contributed by atoms with Crippen molar-refractivity contribution in [2.45, 2.75) is 25.2 Å². The first-order valence-corrected chi connectivity index (χ1v) is 10.8. The van der Waals surface area contributed by atoms with Crippen molar-refractivity contribution in [3.05, 3.63) is 54.4 Å². The largest absolute Gasteiger partial charge is 0.495 e. The Kier molecular flexibility index (Phi) is 5.10. The van der Waals surface area contributed by atoms with Gasteiger partial charge in [-0.15, -0.1) is 0 Å². The number of likely N-dealkylation sites (tertiary alicyclic amines) is 1. The Morgan fingerprint density at radius 1 is 1.10 bits per heavy atom. The predicted octanol–water partition coefficient (Wildman–Crippen LogP) is 3.33. The summed E-state index contributed by atoms with van der Waals surface area (Å²) in [5.41, 5.74) is 2.77. The van der Waals surface area contributed by atoms with E-state index >= 15 is 0 Å². The lowest BCUT2D eigenvalue weighted by Crippen LogP contribution is -2.42. The molecule has 2 aromatic carbocycles. The molecule has 2 aliphatic rings. The lowest BCUT2D eigenvalue weighted by molar-refractivity contribution is -0.136. The summed E-state index contributed by atoms with van der Waals surface area (Å²) in [6.07, 6.45) is 2.01. The van der Waals surface area contributed by atoms with E-state index in [4.69, 9.17) is 9.72 Å². The number of carbonyl (C=O) groups excluding carboxylic acids is 2. The normalized spacial score (nSPS) is 19.9. The van der Waals surface area contributed by atoms with Crippen LogP contribution in [-0.2, 0) is 9.59 Å². The van der Waals surface area contributed by atoms with Crippen molar-refractivity contribution < 1.29 is 14.3 Å². The van der Waals surface area contributed by atoms with E-state index in [-0.39, 0.29) is 24.2 Å². The van der Waals surface area contributed by atoms with Gasteiger partial charge in [0.05, 0.1) is 29.7 Å². The highest BCUT2D eigenvalue weighted by Crippen LogP contribution is 2.34. The summed E-state index contributed by atoms with van der Waals surface area (Å²) in [4.78, 5) is 37.6. The Balaban J connectivity index is 1.23. The number of piperidine rings is 1. The zero-order valence-electron chi connectivity index (χ0n) is 17.6. The van der Waals surface area contributed by atoms with Crippen LogP contribution in [0.25, 0.3) is 11.0 Å². The monoisotopic (exact) mass is 418 g/mol. The number of anilines is 1. The highest BCUT2D eigenvalue weighted by Gasteiger charge is 2.39. The molecule has 0 spiro atoms. The molecule has 0 saturated carbocycles. The summed E-state index contributed by atoms with van der Waals surface area (Å²) in [7, 11) is 1.59. The van der Waals surface area contributed by atoms with Crippen molar-refractivity contribution in [3.8, 4) is 5.75 Å². The van der Waals surface area contributed by atoms with Crippen LogP contribution in [0.3, 0.4) is 0 Å². The molecule has 1 N–H and O–H groups in total. The van der Waals surface area contributed by atoms with Gasteiger partial charge in [-0.25, -0.2) is 4.98 Å². The molecular formula is C24H26N4O3. The van der Waals surface area contributed by atoms with Gasteiger partial charge in [-0.2, -0.15) is 0 Å². The molecule has 0 bridgehead atoms. The third kappa shape index (κ3) is 3.65. The quantitative estimate of drug-likeness (QED) is 0.705. The number of para-hydroxylation sites is 4. The van der Waals surface area contributed by atoms with Crippen LogP contribution in [0.4, 0.5) is 5.69 Å². The van der Waals surface area contributed by atoms with Crippen LogP contribution in [0.1, 0.15) is 31.0 Å². The Morgan fingerprint density at radius 3 is 2.61 bits per heavy atom. The number of amides is 2. The maximum absolute atomic E-state index is 13.2. The first-order chi connectivity index (χ1) is 15.1. The number of hydrogen-bond donors (Lipinski definition) is 1. The number of nitrogens with one attached hydrogen (secondary N) is 1. The van der Waals surface area contributed by atoms with Crippen molar-refractivity contribution in [2.24, 2.45) is 5.92 Å². The van der Waals surface area contributed by atoms with Crippen molar-refractivity contribution in [1.29, 1.82) is 0 Å². The van der Waals surface area contributed by atoms with E-state index < -0.39 is 0 Å². The highest BCUT2D eigenvalue weighted by molar-refractivity contribution is 6.01. The van der Waals surface area contributed by atoms with Crippen LogP contribution < -0.4 is 9.64 Å². The molecule has 1 aromatic heterocycles. The number of aromatic nitrogens is 2. The van der Waals surface area contributed by atoms with Gasteiger partial charge in [-0.3, -0.25) is 9.59 Å². The molecule has 3 aromatic rings. The lowest BCUT2D eigenvalue weighted by atomic mass is 9.95. The van der Waals surface area contributed by atoms with E-state index in [1.807, 2.05) is 53.4 Å². The minimum absolute atomic E-state index is 0.0278. The van der Waals surface area contributed by atoms with Crippen LogP contribution in [-0.4, -0.2) is 53.4 Å². The number of nitrogens with zero attached hydrogens (tertiary/aromatic N) is 3. The number of imidazole rings is 1. The second-order valence-corrected chi connectivity index (χ2v) is 8.32. The Morgan fingerprint density at radius 2 is 1.84 bits per heavy atom. The van der Waals surface area contributed by atoms with Gasteiger partial charge >= 0.3 is 0 Å². The average Bonchev–Trinajstić information content (AvgIpc) is 3.42. The van der Waals surface area contributed by atoms with E-state index in [1.165, 1.54) is 0 Å². The number of carbonyl (C=O) groups is 2. The third-order valence-corrected chi connectivity index (χ3v) is 6.45. The van der Waals surface area contributed by atoms with E-state index in [0.29, 0.717) is 31.3 Å². The average molecular weight is 418 g/mol. The van der Waals surface area contributed by atoms with E-state index in [1.54, 1.807) is 12.0 Å². The SMILES string of the molecule is COc1ccccc1N1CC(C(=O)N2CCC(c3nc4ccccc4[nH]3)CC2)CC1=O. The number of benzene rings is 2. The fourth-order valence-electron chi connectivity index (χ4n) is 4.76. The number of rotatable bonds is 4. The molecule has 1 unspecified atom stereocenters. The first-order valence-electron chi connectivity index (χ1n) is 10.8. The van der Waals surface area contributed by atoms with Gasteiger partial charge in [-0.1, -0.05) is 24.3 Å². The summed E-state index contributed by atoms with van der Waals surface area (Å²) in [6.45, 7) is 1.79. The smallest absolute Gasteiger partial charge is 0.228 e. The molecule has 2 amide bonds. The number of aromatic amines is 1. The number of methoxy groups -OCH3 is 1. The number of hydrogen-bond acceptors (Lipinski definition) is 4. The summed E-state index contributed by atoms with van der Waals surface area (Å²) >= 11 is 0. The van der Waals surface area contributed by atoms with Crippen LogP contribution >= 0.6 is 0 Å². The third-order valence-electron chi connectivity index (χ3n) is 6.45. The van der Waals surface area contributed by atoms with Crippen molar-refractivity contribution in [3.63, 3.8) is 0 Å². The van der Waals surface area contributed by atoms with Gasteiger partial charge < -0.3 is 19.5 Å². The van der Waals surface area contributed by atoms with E-state index in [9.17, 15) is 9.59 Å². The van der Waals surface area contributed by atoms with Crippen LogP contribution in [0.2, 0.25) is 0 Å². The molecule has 1 atom stereocenters. The van der Waals surface area contributed by atoms with Gasteiger partial charge in [0.25, 0.3) is 0 Å². The fraction of sp³-hybridized carbons (Fsp3) is 0.375. The fourth-order valence-corrected chi connectivity index (χ4v) is 4.76. The first kappa shape index (κ1) is 19.6. The molecule has 2 saturated heterocycles. The Labute approximate surface area is 181 Å². The van der Waals surface area contributed by atoms with Crippen LogP contribution in [0.15, 0.2) is 48.5 Å². The zero-order chi connectivity index (χ0) is 21.4. The highest BCUT2D eigenvalue weighted by atomic mass is 16.5. The molecule has 31 heavy (non-hydrogen) atoms. The second kappa shape index (κ2) is 8.06. The maximum Gasteiger partial charge on any atom is 0.228 e. The Bertz CT molecular complexity index is 1080. The number of H-pyrrole nitrogens is 1. The van der Waals surface area contributed by atoms with Crippen molar-refractivity contribution >= 4 is 28.5 Å². The van der Waals surface area contributed by atoms with Gasteiger partial charge in [0, 0.05) is 32.0 Å². The van der Waals surface area contributed by atoms with Gasteiger partial charge in [0.2, 0.25) is 11.8 Å². The van der Waals surface area contributed by atoms with Gasteiger partial charge in [0.1, 0.15) is 11.6 Å². The van der Waals surface area contributed by atoms with E-state index in [0.717, 1.165) is 35.4 Å². The second-order valence-electron chi connectivity index (χ2n) is 8.32. The molecule has 2 fully saturated rings. The Hall–Kier alpha value is -3.35. The maximum atomic E-state index is 13.2. The molecule has 3 heterocycles. The minimum Gasteiger partial charge on any atom is -0.495 e. The molecule has 5 rings (SSSR count). The summed E-state index contributed by atoms with van der Waals surface area (Å²) in [6, 6.07) is 15.5. The summed E-state index contributed by atoms with van der Waals surface area (Å²) in [5.74, 6) is 1.73. The molecule has 160 valence electrons. The van der Waals surface area contributed by atoms with Crippen LogP contribution in [0, 0.1) is 5.92 Å². The zero-order valence-corrected chi connectivity index (χ0v) is 17.6. The van der Waals surface area contributed by atoms with E-state index in [2.05, 4.69) is 4.98 Å². The van der Waals surface area contributed by atoms with Crippen molar-refractivity contribution in [1.82, 2.24) is 14.9 Å². The van der Waals surface area contributed by atoms with Crippen molar-refractivity contribution in [2.75, 3.05) is 31.6 Å². The molecule has 0 radical (unpaired) electrons. The summed E-state index contributed by atoms with van der Waals surface area (Å²) in [5, 5.41) is 0. The predicted molar refractivity (Wildman–Crippen MR) is 118 cm³/mol. The number of fused-ring (bicyclic) bond motifs is 1. The molecular weight excluding hydrogens is 392 g/mol. The topological polar surface area (TPSA) is 78.5 Å². The van der Waals surface area contributed by atoms with Gasteiger partial charge in [0.15, 0.2) is 0 Å². The minimum atomic E-state index is -0.305.